The molecule has 0 spiro atoms. The quantitative estimate of drug-likeness (QED) is 0.188. The van der Waals surface area contributed by atoms with Gasteiger partial charge in [0.15, 0.2) is 0 Å². The van der Waals surface area contributed by atoms with Crippen LogP contribution in [0.25, 0.3) is 0 Å². The van der Waals surface area contributed by atoms with E-state index in [0.717, 1.165) is 10.5 Å². The second-order valence-corrected chi connectivity index (χ2v) is 13.4. The molecule has 2 aromatic rings. The third-order valence-corrected chi connectivity index (χ3v) is 9.00. The first-order valence-electron chi connectivity index (χ1n) is 17.1. The molecule has 1 heterocycles. The number of likely N-dealkylation sites (tertiary alicyclic amines) is 1. The van der Waals surface area contributed by atoms with Gasteiger partial charge < -0.3 is 36.2 Å². The molecule has 0 radical (unpaired) electrons. The van der Waals surface area contributed by atoms with Crippen LogP contribution in [0.5, 0.6) is 0 Å². The van der Waals surface area contributed by atoms with Gasteiger partial charge in [0.05, 0.1) is 6.42 Å². The largest absolute Gasteiger partial charge is 0.481 e. The van der Waals surface area contributed by atoms with Crippen LogP contribution in [0.15, 0.2) is 60.7 Å². The van der Waals surface area contributed by atoms with Crippen LogP contribution in [0.3, 0.4) is 0 Å². The van der Waals surface area contributed by atoms with Crippen molar-refractivity contribution in [1.82, 2.24) is 25.3 Å². The summed E-state index contributed by atoms with van der Waals surface area (Å²) >= 11 is 0. The first-order chi connectivity index (χ1) is 24.1. The van der Waals surface area contributed by atoms with Crippen LogP contribution >= 0.6 is 0 Å². The van der Waals surface area contributed by atoms with Crippen LogP contribution in [-0.2, 0) is 46.4 Å². The zero-order valence-electron chi connectivity index (χ0n) is 29.9. The Morgan fingerprint density at radius 2 is 1.37 bits per heavy atom. The molecule has 0 saturated carbocycles. The molecule has 0 unspecified atom stereocenters. The molecular weight excluding hydrogens is 656 g/mol. The van der Waals surface area contributed by atoms with Gasteiger partial charge in [-0.25, -0.2) is 0 Å². The van der Waals surface area contributed by atoms with Crippen molar-refractivity contribution in [3.63, 3.8) is 0 Å². The van der Waals surface area contributed by atoms with Gasteiger partial charge in [-0.15, -0.1) is 0 Å². The van der Waals surface area contributed by atoms with E-state index in [9.17, 15) is 38.7 Å². The summed E-state index contributed by atoms with van der Waals surface area (Å²) in [4.78, 5) is 95.4. The standard InChI is InChI=1S/C37H50N6O8/c1-23(2)19-27(39-24(3)44)36(50)43-18-12-17-29(43)34(48)40-28(20-25-13-8-6-9-14-25)35(49)42(5)31(21-26-15-10-7-11-16-26)37(51)41(4)30(33(38)47)22-32(45)46/h6-11,13-16,23,27-31H,12,17-22H2,1-5H3,(H2,38,47)(H,39,44)(H,40,48)(H,45,46)/t27-,28-,29-,30-,31-/m0/s1. The summed E-state index contributed by atoms with van der Waals surface area (Å²) in [6.45, 7) is 5.50. The molecule has 5 N–H and O–H groups in total. The fourth-order valence-electron chi connectivity index (χ4n) is 6.37. The lowest BCUT2D eigenvalue weighted by Gasteiger charge is -2.36. The van der Waals surface area contributed by atoms with Crippen molar-refractivity contribution in [1.29, 1.82) is 0 Å². The van der Waals surface area contributed by atoms with Crippen LogP contribution in [0, 0.1) is 5.92 Å². The lowest BCUT2D eigenvalue weighted by molar-refractivity contribution is -0.150. The Hall–Kier alpha value is -5.27. The predicted molar refractivity (Wildman–Crippen MR) is 189 cm³/mol. The number of likely N-dealkylation sites (N-methyl/N-ethyl adjacent to an activating group) is 2. The van der Waals surface area contributed by atoms with E-state index in [1.165, 1.54) is 30.8 Å². The van der Waals surface area contributed by atoms with Crippen LogP contribution < -0.4 is 16.4 Å². The zero-order valence-corrected chi connectivity index (χ0v) is 29.9. The molecule has 276 valence electrons. The highest BCUT2D eigenvalue weighted by atomic mass is 16.4. The summed E-state index contributed by atoms with van der Waals surface area (Å²) in [6.07, 6.45) is 0.637. The summed E-state index contributed by atoms with van der Waals surface area (Å²) in [5.74, 6) is -4.87. The van der Waals surface area contributed by atoms with Crippen molar-refractivity contribution >= 4 is 41.4 Å². The molecule has 0 aliphatic carbocycles. The minimum Gasteiger partial charge on any atom is -0.481 e. The number of hydrogen-bond donors (Lipinski definition) is 4. The minimum absolute atomic E-state index is 0.0160. The number of hydrogen-bond acceptors (Lipinski definition) is 7. The van der Waals surface area contributed by atoms with Crippen LogP contribution in [0.2, 0.25) is 0 Å². The van der Waals surface area contributed by atoms with E-state index in [4.69, 9.17) is 5.73 Å². The normalized spacial score (nSPS) is 16.4. The van der Waals surface area contributed by atoms with Gasteiger partial charge in [0, 0.05) is 40.4 Å². The van der Waals surface area contributed by atoms with Crippen molar-refractivity contribution in [3.8, 4) is 0 Å². The highest BCUT2D eigenvalue weighted by Crippen LogP contribution is 2.22. The molecule has 5 atom stereocenters. The first-order valence-corrected chi connectivity index (χ1v) is 17.1. The molecule has 1 saturated heterocycles. The Balaban J connectivity index is 1.96. The van der Waals surface area contributed by atoms with E-state index in [1.807, 2.05) is 19.9 Å². The monoisotopic (exact) mass is 706 g/mol. The van der Waals surface area contributed by atoms with Gasteiger partial charge in [0.2, 0.25) is 35.4 Å². The number of carboxylic acid groups (broad SMARTS) is 1. The summed E-state index contributed by atoms with van der Waals surface area (Å²) in [6, 6.07) is 12.3. The van der Waals surface area contributed by atoms with Gasteiger partial charge in [-0.2, -0.15) is 0 Å². The van der Waals surface area contributed by atoms with Gasteiger partial charge in [0.1, 0.15) is 30.2 Å². The molecule has 51 heavy (non-hydrogen) atoms. The minimum atomic E-state index is -1.47. The number of aliphatic carboxylic acids is 1. The van der Waals surface area contributed by atoms with Gasteiger partial charge in [-0.3, -0.25) is 33.6 Å². The van der Waals surface area contributed by atoms with Crippen molar-refractivity contribution in [3.05, 3.63) is 71.8 Å². The van der Waals surface area contributed by atoms with E-state index < -0.39 is 66.2 Å². The summed E-state index contributed by atoms with van der Waals surface area (Å²) < 4.78 is 0. The van der Waals surface area contributed by atoms with E-state index in [0.29, 0.717) is 31.4 Å². The molecule has 1 aliphatic heterocycles. The molecule has 0 aromatic heterocycles. The maximum Gasteiger partial charge on any atom is 0.305 e. The van der Waals surface area contributed by atoms with Crippen LogP contribution in [0.1, 0.15) is 57.6 Å². The third kappa shape index (κ3) is 11.4. The Labute approximate surface area is 298 Å². The SMILES string of the molecule is CC(=O)N[C@@H](CC(C)C)C(=O)N1CCC[C@H]1C(=O)N[C@@H](Cc1ccccc1)C(=O)N(C)[C@@H](Cc1ccccc1)C(=O)N(C)[C@@H](CC(=O)O)C(N)=O. The molecule has 1 aliphatic rings. The van der Waals surface area contributed by atoms with Gasteiger partial charge in [0.25, 0.3) is 0 Å². The topological polar surface area (TPSA) is 200 Å². The number of carbonyl (C=O) groups excluding carboxylic acids is 6. The number of amides is 6. The Kier molecular flexibility index (Phi) is 14.7. The van der Waals surface area contributed by atoms with E-state index in [2.05, 4.69) is 10.6 Å². The number of benzene rings is 2. The maximum absolute atomic E-state index is 14.4. The number of nitrogens with two attached hydrogens (primary N) is 1. The maximum atomic E-state index is 14.4. The van der Waals surface area contributed by atoms with Gasteiger partial charge in [-0.1, -0.05) is 74.5 Å². The lowest BCUT2D eigenvalue weighted by Crippen LogP contribution is -2.60. The molecule has 6 amide bonds. The average Bonchev–Trinajstić information content (AvgIpc) is 3.58. The number of rotatable bonds is 17. The molecule has 14 nitrogen and oxygen atoms in total. The highest BCUT2D eigenvalue weighted by Gasteiger charge is 2.41. The summed E-state index contributed by atoms with van der Waals surface area (Å²) in [5, 5.41) is 15.0. The average molecular weight is 707 g/mol. The van der Waals surface area contributed by atoms with Gasteiger partial charge >= 0.3 is 5.97 Å². The Morgan fingerprint density at radius 1 is 0.824 bits per heavy atom. The predicted octanol–water partition coefficient (Wildman–Crippen LogP) is 1.11. The van der Waals surface area contributed by atoms with E-state index in [1.54, 1.807) is 54.6 Å². The molecule has 14 heteroatoms. The molecule has 3 rings (SSSR count). The summed E-state index contributed by atoms with van der Waals surface area (Å²) in [7, 11) is 2.68. The molecule has 0 bridgehead atoms. The van der Waals surface area contributed by atoms with Crippen molar-refractivity contribution in [2.45, 2.75) is 89.5 Å². The number of carboxylic acids is 1. The smallest absolute Gasteiger partial charge is 0.305 e. The number of nitrogens with one attached hydrogen (secondary N) is 2. The van der Waals surface area contributed by atoms with E-state index >= 15 is 0 Å². The molecule has 1 fully saturated rings. The van der Waals surface area contributed by atoms with E-state index in [-0.39, 0.29) is 30.6 Å². The second kappa shape index (κ2) is 18.6. The van der Waals surface area contributed by atoms with Gasteiger partial charge in [-0.05, 0) is 36.3 Å². The Morgan fingerprint density at radius 3 is 1.88 bits per heavy atom. The molecular formula is C37H50N6O8. The number of nitrogens with zero attached hydrogens (tertiary/aromatic N) is 3. The van der Waals surface area contributed by atoms with Crippen molar-refractivity contribution in [2.75, 3.05) is 20.6 Å². The lowest BCUT2D eigenvalue weighted by atomic mass is 9.99. The number of carbonyl (C=O) groups is 7. The highest BCUT2D eigenvalue weighted by molar-refractivity contribution is 5.97. The van der Waals surface area contributed by atoms with Crippen LogP contribution in [0.4, 0.5) is 0 Å². The summed E-state index contributed by atoms with van der Waals surface area (Å²) in [5.41, 5.74) is 6.90. The fourth-order valence-corrected chi connectivity index (χ4v) is 6.37. The first kappa shape index (κ1) is 40.2. The van der Waals surface area contributed by atoms with Crippen molar-refractivity contribution in [2.24, 2.45) is 11.7 Å². The Bertz CT molecular complexity index is 1550. The van der Waals surface area contributed by atoms with Crippen LogP contribution in [-0.4, -0.2) is 112 Å². The molecule has 2 aromatic carbocycles. The zero-order chi connectivity index (χ0) is 37.8. The van der Waals surface area contributed by atoms with Crippen molar-refractivity contribution < 1.29 is 38.7 Å². The third-order valence-electron chi connectivity index (χ3n) is 9.00. The number of primary amides is 1. The second-order valence-electron chi connectivity index (χ2n) is 13.4. The fraction of sp³-hybridized carbons (Fsp3) is 0.486.